The third-order valence-corrected chi connectivity index (χ3v) is 6.96. The molecule has 2 aromatic carbocycles. The topological polar surface area (TPSA) is 71.0 Å². The predicted octanol–water partition coefficient (Wildman–Crippen LogP) is 5.84. The van der Waals surface area contributed by atoms with Crippen molar-refractivity contribution in [3.63, 3.8) is 0 Å². The van der Waals surface area contributed by atoms with E-state index in [4.69, 9.17) is 4.74 Å². The lowest BCUT2D eigenvalue weighted by molar-refractivity contribution is -0.128. The molecule has 0 radical (unpaired) electrons. The van der Waals surface area contributed by atoms with Crippen molar-refractivity contribution in [3.05, 3.63) is 52.1 Å². The first-order valence-corrected chi connectivity index (χ1v) is 12.7. The maximum absolute atomic E-state index is 12.8. The van der Waals surface area contributed by atoms with Crippen LogP contribution in [0, 0.1) is 3.57 Å². The van der Waals surface area contributed by atoms with Crippen molar-refractivity contribution >= 4 is 62.7 Å². The van der Waals surface area contributed by atoms with Crippen LogP contribution in [0.5, 0.6) is 5.75 Å². The van der Waals surface area contributed by atoms with Crippen LogP contribution in [0.2, 0.25) is 0 Å². The summed E-state index contributed by atoms with van der Waals surface area (Å²) in [7, 11) is 1.69. The first-order valence-electron chi connectivity index (χ1n) is 10.8. The number of amides is 2. The number of thioether (sulfide) groups is 1. The highest BCUT2D eigenvalue weighted by Gasteiger charge is 2.34. The van der Waals surface area contributed by atoms with Gasteiger partial charge in [0.1, 0.15) is 11.0 Å². The Kier molecular flexibility index (Phi) is 9.40. The van der Waals surface area contributed by atoms with Crippen molar-refractivity contribution in [3.8, 4) is 5.75 Å². The lowest BCUT2D eigenvalue weighted by atomic mass is 10.2. The first-order chi connectivity index (χ1) is 15.5. The number of hydrogen-bond acceptors (Lipinski definition) is 5. The lowest BCUT2D eigenvalue weighted by Crippen LogP contribution is -2.43. The highest BCUT2D eigenvalue weighted by Crippen LogP contribution is 2.29. The van der Waals surface area contributed by atoms with Gasteiger partial charge in [-0.1, -0.05) is 37.9 Å². The zero-order chi connectivity index (χ0) is 22.9. The first kappa shape index (κ1) is 24.6. The minimum absolute atomic E-state index is 0.125. The minimum Gasteiger partial charge on any atom is -0.494 e. The Morgan fingerprint density at radius 3 is 2.56 bits per heavy atom. The average Bonchev–Trinajstić information content (AvgIpc) is 2.79. The fourth-order valence-electron chi connectivity index (χ4n) is 3.10. The summed E-state index contributed by atoms with van der Waals surface area (Å²) in [5.74, 6) is 0.454. The van der Waals surface area contributed by atoms with E-state index in [9.17, 15) is 9.59 Å². The number of halogens is 1. The van der Waals surface area contributed by atoms with Crippen LogP contribution >= 0.6 is 34.4 Å². The SMILES string of the molecule is CCCCCCOc1ccc(NC(=O)C2CC(=O)N(C)C(=Nc3ccc(I)cc3)S2)cc1. The van der Waals surface area contributed by atoms with Gasteiger partial charge in [-0.05, 0) is 77.5 Å². The summed E-state index contributed by atoms with van der Waals surface area (Å²) in [6.45, 7) is 2.88. The highest BCUT2D eigenvalue weighted by molar-refractivity contribution is 14.1. The molecule has 1 fully saturated rings. The smallest absolute Gasteiger partial charge is 0.238 e. The molecule has 6 nitrogen and oxygen atoms in total. The number of benzene rings is 2. The largest absolute Gasteiger partial charge is 0.494 e. The van der Waals surface area contributed by atoms with E-state index in [2.05, 4.69) is 39.8 Å². The molecule has 0 spiro atoms. The Morgan fingerprint density at radius 1 is 1.16 bits per heavy atom. The lowest BCUT2D eigenvalue weighted by Gasteiger charge is -2.28. The third-order valence-electron chi connectivity index (χ3n) is 5.00. The summed E-state index contributed by atoms with van der Waals surface area (Å²) in [6.07, 6.45) is 4.78. The van der Waals surface area contributed by atoms with Gasteiger partial charge < -0.3 is 10.1 Å². The van der Waals surface area contributed by atoms with Crippen molar-refractivity contribution in [2.75, 3.05) is 19.0 Å². The molecule has 1 saturated heterocycles. The summed E-state index contributed by atoms with van der Waals surface area (Å²) in [6, 6.07) is 15.0. The number of unbranched alkanes of at least 4 members (excludes halogenated alkanes) is 3. The quantitative estimate of drug-likeness (QED) is 0.307. The third kappa shape index (κ3) is 7.23. The van der Waals surface area contributed by atoms with Crippen LogP contribution in [-0.4, -0.2) is 40.8 Å². The van der Waals surface area contributed by atoms with E-state index < -0.39 is 5.25 Å². The summed E-state index contributed by atoms with van der Waals surface area (Å²) in [4.78, 5) is 31.4. The molecule has 0 bridgehead atoms. The molecule has 170 valence electrons. The van der Waals surface area contributed by atoms with E-state index in [0.29, 0.717) is 17.5 Å². The molecule has 1 heterocycles. The maximum Gasteiger partial charge on any atom is 0.238 e. The number of carbonyl (C=O) groups is 2. The molecule has 0 aromatic heterocycles. The zero-order valence-corrected chi connectivity index (χ0v) is 21.3. The normalized spacial score (nSPS) is 17.5. The fourth-order valence-corrected chi connectivity index (χ4v) is 4.52. The van der Waals surface area contributed by atoms with Crippen LogP contribution in [-0.2, 0) is 9.59 Å². The second-order valence-electron chi connectivity index (χ2n) is 7.56. The van der Waals surface area contributed by atoms with Gasteiger partial charge in [0.25, 0.3) is 0 Å². The zero-order valence-electron chi connectivity index (χ0n) is 18.3. The molecule has 0 saturated carbocycles. The van der Waals surface area contributed by atoms with Crippen LogP contribution in [0.25, 0.3) is 0 Å². The van der Waals surface area contributed by atoms with E-state index in [-0.39, 0.29) is 18.2 Å². The number of nitrogens with zero attached hydrogens (tertiary/aromatic N) is 2. The van der Waals surface area contributed by atoms with E-state index in [1.165, 1.54) is 35.9 Å². The van der Waals surface area contributed by atoms with E-state index in [0.717, 1.165) is 21.4 Å². The van der Waals surface area contributed by atoms with Crippen LogP contribution in [0.3, 0.4) is 0 Å². The Hall–Kier alpha value is -2.07. The highest BCUT2D eigenvalue weighted by atomic mass is 127. The Balaban J connectivity index is 1.58. The second-order valence-corrected chi connectivity index (χ2v) is 9.97. The average molecular weight is 565 g/mol. The van der Waals surface area contributed by atoms with Crippen molar-refractivity contribution in [2.24, 2.45) is 4.99 Å². The van der Waals surface area contributed by atoms with Crippen molar-refractivity contribution in [1.29, 1.82) is 0 Å². The van der Waals surface area contributed by atoms with Gasteiger partial charge in [-0.2, -0.15) is 0 Å². The number of rotatable bonds is 9. The van der Waals surface area contributed by atoms with E-state index in [1.54, 1.807) is 7.05 Å². The maximum atomic E-state index is 12.8. The van der Waals surface area contributed by atoms with Gasteiger partial charge in [0, 0.05) is 22.7 Å². The molecule has 32 heavy (non-hydrogen) atoms. The molecule has 1 atom stereocenters. The molecule has 1 N–H and O–H groups in total. The second kappa shape index (κ2) is 12.2. The number of ether oxygens (including phenoxy) is 1. The molecule has 2 aromatic rings. The van der Waals surface area contributed by atoms with Crippen molar-refractivity contribution in [1.82, 2.24) is 4.90 Å². The van der Waals surface area contributed by atoms with Crippen LogP contribution < -0.4 is 10.1 Å². The number of amidine groups is 1. The number of nitrogens with one attached hydrogen (secondary N) is 1. The van der Waals surface area contributed by atoms with Crippen LogP contribution in [0.4, 0.5) is 11.4 Å². The molecule has 1 unspecified atom stereocenters. The molecule has 1 aliphatic rings. The van der Waals surface area contributed by atoms with E-state index in [1.807, 2.05) is 48.5 Å². The fraction of sp³-hybridized carbons (Fsp3) is 0.375. The number of hydrogen-bond donors (Lipinski definition) is 1. The Morgan fingerprint density at radius 2 is 1.88 bits per heavy atom. The van der Waals surface area contributed by atoms with Gasteiger partial charge in [0.2, 0.25) is 11.8 Å². The molecule has 2 amide bonds. The van der Waals surface area contributed by atoms with Crippen molar-refractivity contribution < 1.29 is 14.3 Å². The van der Waals surface area contributed by atoms with Crippen LogP contribution in [0.1, 0.15) is 39.0 Å². The Bertz CT molecular complexity index is 948. The van der Waals surface area contributed by atoms with Gasteiger partial charge in [-0.15, -0.1) is 0 Å². The van der Waals surface area contributed by atoms with Crippen LogP contribution in [0.15, 0.2) is 53.5 Å². The summed E-state index contributed by atoms with van der Waals surface area (Å²) < 4.78 is 6.86. The summed E-state index contributed by atoms with van der Waals surface area (Å²) in [5, 5.41) is 2.90. The van der Waals surface area contributed by atoms with Gasteiger partial charge in [-0.25, -0.2) is 4.99 Å². The molecule has 1 aliphatic heterocycles. The standard InChI is InChI=1S/C24H28IN3O3S/c1-3-4-5-6-15-31-20-13-11-18(12-14-20)26-23(30)21-16-22(29)28(2)24(32-21)27-19-9-7-17(25)8-10-19/h7-14,21H,3-6,15-16H2,1-2H3,(H,26,30). The van der Waals surface area contributed by atoms with Gasteiger partial charge in [-0.3, -0.25) is 14.5 Å². The minimum atomic E-state index is -0.532. The summed E-state index contributed by atoms with van der Waals surface area (Å²) >= 11 is 3.54. The van der Waals surface area contributed by atoms with Crippen molar-refractivity contribution in [2.45, 2.75) is 44.3 Å². The summed E-state index contributed by atoms with van der Waals surface area (Å²) in [5.41, 5.74) is 1.43. The molecular formula is C24H28IN3O3S. The molecule has 0 aliphatic carbocycles. The number of carbonyl (C=O) groups excluding carboxylic acids is 2. The monoisotopic (exact) mass is 565 g/mol. The number of aliphatic imine (C=N–C) groups is 1. The number of anilines is 1. The molecular weight excluding hydrogens is 537 g/mol. The van der Waals surface area contributed by atoms with Gasteiger partial charge in [0.15, 0.2) is 5.17 Å². The van der Waals surface area contributed by atoms with Gasteiger partial charge in [0.05, 0.1) is 12.3 Å². The molecule has 8 heteroatoms. The predicted molar refractivity (Wildman–Crippen MR) is 140 cm³/mol. The van der Waals surface area contributed by atoms with E-state index >= 15 is 0 Å². The Labute approximate surface area is 207 Å². The van der Waals surface area contributed by atoms with Gasteiger partial charge >= 0.3 is 0 Å². The molecule has 3 rings (SSSR count).